The van der Waals surface area contributed by atoms with Crippen LogP contribution in [0.3, 0.4) is 0 Å². The van der Waals surface area contributed by atoms with Crippen molar-refractivity contribution in [3.63, 3.8) is 0 Å². The topological polar surface area (TPSA) is 128 Å². The van der Waals surface area contributed by atoms with E-state index in [4.69, 9.17) is 10.4 Å². The zero-order valence-electron chi connectivity index (χ0n) is 7.94. The number of nitrogens with zero attached hydrogens (tertiary/aromatic N) is 2. The number of benzene rings is 1. The lowest BCUT2D eigenvalue weighted by molar-refractivity contribution is -0.385. The van der Waals surface area contributed by atoms with Crippen molar-refractivity contribution in [2.45, 2.75) is 12.2 Å². The molecule has 1 aromatic carbocycles. The zero-order valence-corrected chi connectivity index (χ0v) is 7.94. The number of nitro groups is 1. The van der Waals surface area contributed by atoms with Gasteiger partial charge in [-0.3, -0.25) is 10.1 Å². The first-order valence-electron chi connectivity index (χ1n) is 4.20. The summed E-state index contributed by atoms with van der Waals surface area (Å²) < 4.78 is 0. The molecule has 0 saturated carbocycles. The number of aromatic hydroxyl groups is 1. The molecule has 0 amide bonds. The number of phenols is 1. The van der Waals surface area contributed by atoms with Gasteiger partial charge in [-0.05, 0) is 17.7 Å². The lowest BCUT2D eigenvalue weighted by Gasteiger charge is -2.11. The van der Waals surface area contributed by atoms with Gasteiger partial charge in [-0.2, -0.15) is 5.26 Å². The largest absolute Gasteiger partial charge is 0.502 e. The molecular weight excluding hydrogens is 216 g/mol. The second-order valence-corrected chi connectivity index (χ2v) is 3.02. The van der Waals surface area contributed by atoms with Crippen LogP contribution in [0.2, 0.25) is 0 Å². The first-order chi connectivity index (χ1) is 7.47. The molecule has 84 valence electrons. The summed E-state index contributed by atoms with van der Waals surface area (Å²) in [6.07, 6.45) is -3.17. The van der Waals surface area contributed by atoms with Crippen LogP contribution < -0.4 is 0 Å². The molecule has 1 rings (SSSR count). The van der Waals surface area contributed by atoms with Crippen LogP contribution in [0, 0.1) is 21.4 Å². The van der Waals surface area contributed by atoms with Crippen molar-refractivity contribution in [2.75, 3.05) is 0 Å². The molecule has 7 heteroatoms. The Bertz CT molecular complexity index is 454. The Hall–Kier alpha value is -2.17. The summed E-state index contributed by atoms with van der Waals surface area (Å²) in [6, 6.07) is 4.48. The molecule has 0 radical (unpaired) electrons. The Labute approximate surface area is 90.0 Å². The molecular formula is C9H8N2O5. The molecule has 0 aliphatic rings. The quantitative estimate of drug-likeness (QED) is 0.382. The van der Waals surface area contributed by atoms with Crippen molar-refractivity contribution in [2.24, 2.45) is 0 Å². The maximum atomic E-state index is 10.4. The number of hydrogen-bond donors (Lipinski definition) is 3. The molecule has 0 aliphatic carbocycles. The maximum absolute atomic E-state index is 10.4. The number of nitro benzene ring substituents is 1. The van der Waals surface area contributed by atoms with Crippen LogP contribution >= 0.6 is 0 Å². The van der Waals surface area contributed by atoms with E-state index in [1.165, 1.54) is 6.07 Å². The van der Waals surface area contributed by atoms with Gasteiger partial charge in [0.05, 0.1) is 11.0 Å². The lowest BCUT2D eigenvalue weighted by Crippen LogP contribution is -2.15. The van der Waals surface area contributed by atoms with Crippen molar-refractivity contribution in [3.05, 3.63) is 33.9 Å². The highest BCUT2D eigenvalue weighted by molar-refractivity contribution is 5.48. The van der Waals surface area contributed by atoms with Gasteiger partial charge in [0, 0.05) is 6.07 Å². The summed E-state index contributed by atoms with van der Waals surface area (Å²) in [4.78, 5) is 9.59. The van der Waals surface area contributed by atoms with Crippen LogP contribution in [0.4, 0.5) is 5.69 Å². The van der Waals surface area contributed by atoms with Crippen molar-refractivity contribution < 1.29 is 20.2 Å². The number of nitriles is 1. The summed E-state index contributed by atoms with van der Waals surface area (Å²) in [5, 5.41) is 46.4. The zero-order chi connectivity index (χ0) is 12.3. The molecule has 0 bridgehead atoms. The van der Waals surface area contributed by atoms with Crippen LogP contribution in [0.25, 0.3) is 0 Å². The molecule has 0 aliphatic heterocycles. The molecule has 16 heavy (non-hydrogen) atoms. The Morgan fingerprint density at radius 3 is 2.50 bits per heavy atom. The molecule has 3 N–H and O–H groups in total. The normalized spacial score (nSPS) is 13.8. The van der Waals surface area contributed by atoms with Gasteiger partial charge in [-0.1, -0.05) is 0 Å². The Morgan fingerprint density at radius 2 is 2.06 bits per heavy atom. The van der Waals surface area contributed by atoms with Gasteiger partial charge < -0.3 is 15.3 Å². The number of phenolic OH excluding ortho intramolecular Hbond substituents is 1. The summed E-state index contributed by atoms with van der Waals surface area (Å²) in [6.45, 7) is 0. The summed E-state index contributed by atoms with van der Waals surface area (Å²) in [7, 11) is 0. The SMILES string of the molecule is N#CC(O)C(O)c1ccc([N+](=O)[O-])c(O)c1. The first kappa shape index (κ1) is 11.9. The van der Waals surface area contributed by atoms with Gasteiger partial charge in [0.15, 0.2) is 11.9 Å². The van der Waals surface area contributed by atoms with E-state index in [-0.39, 0.29) is 5.56 Å². The first-order valence-corrected chi connectivity index (χ1v) is 4.20. The number of aliphatic hydroxyl groups is 2. The van der Waals surface area contributed by atoms with E-state index in [0.29, 0.717) is 0 Å². The van der Waals surface area contributed by atoms with E-state index in [1.54, 1.807) is 0 Å². The van der Waals surface area contributed by atoms with Gasteiger partial charge in [0.2, 0.25) is 0 Å². The molecule has 0 fully saturated rings. The van der Waals surface area contributed by atoms with Crippen molar-refractivity contribution in [1.29, 1.82) is 5.26 Å². The smallest absolute Gasteiger partial charge is 0.310 e. The summed E-state index contributed by atoms with van der Waals surface area (Å²) in [5.41, 5.74) is -0.487. The van der Waals surface area contributed by atoms with E-state index in [2.05, 4.69) is 0 Å². The Morgan fingerprint density at radius 1 is 1.44 bits per heavy atom. The van der Waals surface area contributed by atoms with Crippen molar-refractivity contribution in [3.8, 4) is 11.8 Å². The molecule has 0 aromatic heterocycles. The van der Waals surface area contributed by atoms with Gasteiger partial charge in [-0.15, -0.1) is 0 Å². The third-order valence-corrected chi connectivity index (χ3v) is 1.97. The minimum Gasteiger partial charge on any atom is -0.502 e. The number of rotatable bonds is 3. The minimum atomic E-state index is -1.65. The number of aliphatic hydroxyl groups excluding tert-OH is 2. The van der Waals surface area contributed by atoms with E-state index in [1.807, 2.05) is 0 Å². The Kier molecular flexibility index (Phi) is 3.40. The van der Waals surface area contributed by atoms with Gasteiger partial charge in [0.25, 0.3) is 0 Å². The van der Waals surface area contributed by atoms with Crippen LogP contribution in [-0.4, -0.2) is 26.3 Å². The summed E-state index contributed by atoms with van der Waals surface area (Å²) in [5.74, 6) is -0.633. The molecule has 0 spiro atoms. The van der Waals surface area contributed by atoms with E-state index in [9.17, 15) is 20.3 Å². The van der Waals surface area contributed by atoms with Crippen LogP contribution in [0.15, 0.2) is 18.2 Å². The summed E-state index contributed by atoms with van der Waals surface area (Å²) >= 11 is 0. The predicted octanol–water partition coefficient (Wildman–Crippen LogP) is 0.218. The second kappa shape index (κ2) is 4.57. The third-order valence-electron chi connectivity index (χ3n) is 1.97. The van der Waals surface area contributed by atoms with E-state index < -0.39 is 28.6 Å². The highest BCUT2D eigenvalue weighted by Crippen LogP contribution is 2.29. The van der Waals surface area contributed by atoms with Gasteiger partial charge >= 0.3 is 5.69 Å². The molecule has 2 unspecified atom stereocenters. The molecule has 7 nitrogen and oxygen atoms in total. The van der Waals surface area contributed by atoms with Gasteiger partial charge in [0.1, 0.15) is 6.10 Å². The van der Waals surface area contributed by atoms with Crippen molar-refractivity contribution >= 4 is 5.69 Å². The highest BCUT2D eigenvalue weighted by Gasteiger charge is 2.21. The Balaban J connectivity index is 3.07. The lowest BCUT2D eigenvalue weighted by atomic mass is 10.0. The second-order valence-electron chi connectivity index (χ2n) is 3.02. The van der Waals surface area contributed by atoms with Crippen molar-refractivity contribution in [1.82, 2.24) is 0 Å². The van der Waals surface area contributed by atoms with Crippen LogP contribution in [-0.2, 0) is 0 Å². The molecule has 0 heterocycles. The van der Waals surface area contributed by atoms with E-state index in [0.717, 1.165) is 18.2 Å². The average Bonchev–Trinajstić information content (AvgIpc) is 2.26. The van der Waals surface area contributed by atoms with Gasteiger partial charge in [-0.25, -0.2) is 0 Å². The molecule has 2 atom stereocenters. The van der Waals surface area contributed by atoms with Crippen LogP contribution in [0.1, 0.15) is 11.7 Å². The van der Waals surface area contributed by atoms with E-state index >= 15 is 0 Å². The monoisotopic (exact) mass is 224 g/mol. The average molecular weight is 224 g/mol. The molecule has 0 saturated heterocycles. The minimum absolute atomic E-state index is 0.0251. The number of hydrogen-bond acceptors (Lipinski definition) is 6. The van der Waals surface area contributed by atoms with Crippen LogP contribution in [0.5, 0.6) is 5.75 Å². The molecule has 1 aromatic rings. The standard InChI is InChI=1S/C9H8N2O5/c10-4-8(13)9(14)5-1-2-6(11(15)16)7(12)3-5/h1-3,8-9,12-14H. The third kappa shape index (κ3) is 2.25. The fourth-order valence-electron chi connectivity index (χ4n) is 1.13. The predicted molar refractivity (Wildman–Crippen MR) is 51.3 cm³/mol. The maximum Gasteiger partial charge on any atom is 0.310 e. The fourth-order valence-corrected chi connectivity index (χ4v) is 1.13. The fraction of sp³-hybridized carbons (Fsp3) is 0.222. The highest BCUT2D eigenvalue weighted by atomic mass is 16.6.